The molecule has 0 atom stereocenters. The number of anilines is 3. The van der Waals surface area contributed by atoms with E-state index in [1.807, 2.05) is 0 Å². The van der Waals surface area contributed by atoms with Crippen molar-refractivity contribution in [3.8, 4) is 11.1 Å². The summed E-state index contributed by atoms with van der Waals surface area (Å²) in [4.78, 5) is 2.40. The first kappa shape index (κ1) is 31.0. The number of nitrogens with zero attached hydrogens (tertiary/aromatic N) is 1. The summed E-state index contributed by atoms with van der Waals surface area (Å²) in [7, 11) is 0. The predicted octanol–water partition coefficient (Wildman–Crippen LogP) is 15.6. The molecule has 2 heteroatoms. The Kier molecular flexibility index (Phi) is 6.66. The molecule has 0 unspecified atom stereocenters. The lowest BCUT2D eigenvalue weighted by atomic mass is 9.89. The number of para-hydroxylation sites is 2. The van der Waals surface area contributed by atoms with Gasteiger partial charge in [-0.3, -0.25) is 0 Å². The van der Waals surface area contributed by atoms with Crippen LogP contribution in [-0.4, -0.2) is 0 Å². The first-order valence-electron chi connectivity index (χ1n) is 19.3. The first-order chi connectivity index (χ1) is 27.8. The molecule has 0 saturated heterocycles. The molecule has 11 aromatic carbocycles. The van der Waals surface area contributed by atoms with E-state index in [-0.39, 0.29) is 0 Å². The van der Waals surface area contributed by atoms with Gasteiger partial charge in [0.2, 0.25) is 0 Å². The minimum atomic E-state index is 0.888. The number of rotatable bonds is 4. The monoisotopic (exact) mass is 711 g/mol. The van der Waals surface area contributed by atoms with Gasteiger partial charge in [0.1, 0.15) is 11.2 Å². The minimum absolute atomic E-state index is 0.888. The van der Waals surface area contributed by atoms with Gasteiger partial charge in [-0.15, -0.1) is 0 Å². The fourth-order valence-electron chi connectivity index (χ4n) is 9.28. The Morgan fingerprint density at radius 2 is 0.732 bits per heavy atom. The van der Waals surface area contributed by atoms with E-state index in [9.17, 15) is 0 Å². The number of benzene rings is 11. The van der Waals surface area contributed by atoms with Crippen LogP contribution in [0.15, 0.2) is 205 Å². The zero-order valence-electron chi connectivity index (χ0n) is 30.4. The van der Waals surface area contributed by atoms with Crippen molar-refractivity contribution >= 4 is 104 Å². The third kappa shape index (κ3) is 4.57. The summed E-state index contributed by atoms with van der Waals surface area (Å²) in [5.41, 5.74) is 7.53. The minimum Gasteiger partial charge on any atom is -0.456 e. The number of hydrogen-bond donors (Lipinski definition) is 0. The SMILES string of the molecule is c1ccc(N(c2ccccc2)c2c3ccccc3c(-c3ccc4c(c3)oc3cc5c6ccccc6c6cc7ccccc7cc6c5cc34)c3ccccc23)cc1. The third-order valence-corrected chi connectivity index (χ3v) is 11.7. The summed E-state index contributed by atoms with van der Waals surface area (Å²) in [6, 6.07) is 72.7. The largest absolute Gasteiger partial charge is 0.456 e. The van der Waals surface area contributed by atoms with E-state index in [1.165, 1.54) is 75.9 Å². The van der Waals surface area contributed by atoms with Crippen molar-refractivity contribution in [2.24, 2.45) is 0 Å². The molecule has 1 heterocycles. The van der Waals surface area contributed by atoms with Gasteiger partial charge in [0.25, 0.3) is 0 Å². The van der Waals surface area contributed by atoms with Crippen molar-refractivity contribution in [1.82, 2.24) is 0 Å². The van der Waals surface area contributed by atoms with Crippen molar-refractivity contribution in [3.63, 3.8) is 0 Å². The summed E-state index contributed by atoms with van der Waals surface area (Å²) in [5, 5.41) is 17.1. The van der Waals surface area contributed by atoms with Gasteiger partial charge in [-0.05, 0) is 126 Å². The van der Waals surface area contributed by atoms with Crippen LogP contribution in [-0.2, 0) is 0 Å². The average molecular weight is 712 g/mol. The predicted molar refractivity (Wildman–Crippen MR) is 239 cm³/mol. The Balaban J connectivity index is 1.12. The van der Waals surface area contributed by atoms with Gasteiger partial charge in [-0.2, -0.15) is 0 Å². The van der Waals surface area contributed by atoms with E-state index in [2.05, 4.69) is 205 Å². The van der Waals surface area contributed by atoms with Crippen LogP contribution in [0.1, 0.15) is 0 Å². The Labute approximate surface area is 323 Å². The highest BCUT2D eigenvalue weighted by molar-refractivity contribution is 6.30. The molecule has 0 spiro atoms. The van der Waals surface area contributed by atoms with E-state index < -0.39 is 0 Å². The Bertz CT molecular complexity index is 3430. The van der Waals surface area contributed by atoms with Gasteiger partial charge in [0, 0.05) is 32.9 Å². The summed E-state index contributed by atoms with van der Waals surface area (Å²) < 4.78 is 6.85. The van der Waals surface area contributed by atoms with Crippen molar-refractivity contribution in [2.75, 3.05) is 4.90 Å². The van der Waals surface area contributed by atoms with Crippen molar-refractivity contribution in [3.05, 3.63) is 200 Å². The highest BCUT2D eigenvalue weighted by atomic mass is 16.3. The number of fused-ring (bicyclic) bond motifs is 12. The number of furan rings is 1. The topological polar surface area (TPSA) is 16.4 Å². The molecule has 0 aliphatic carbocycles. The molecule has 0 bridgehead atoms. The van der Waals surface area contributed by atoms with Crippen LogP contribution >= 0.6 is 0 Å². The van der Waals surface area contributed by atoms with E-state index in [4.69, 9.17) is 4.42 Å². The molecule has 0 amide bonds. The second kappa shape index (κ2) is 12.0. The van der Waals surface area contributed by atoms with Crippen molar-refractivity contribution < 1.29 is 4.42 Å². The Morgan fingerprint density at radius 1 is 0.286 bits per heavy atom. The fraction of sp³-hybridized carbons (Fsp3) is 0. The van der Waals surface area contributed by atoms with Gasteiger partial charge < -0.3 is 9.32 Å². The van der Waals surface area contributed by atoms with Gasteiger partial charge in [0.15, 0.2) is 0 Å². The maximum atomic E-state index is 6.85. The second-order valence-electron chi connectivity index (χ2n) is 14.8. The average Bonchev–Trinajstić information content (AvgIpc) is 3.62. The van der Waals surface area contributed by atoms with Crippen LogP contribution in [0, 0.1) is 0 Å². The van der Waals surface area contributed by atoms with Gasteiger partial charge in [-0.1, -0.05) is 140 Å². The molecule has 0 saturated carbocycles. The van der Waals surface area contributed by atoms with Crippen molar-refractivity contribution in [2.45, 2.75) is 0 Å². The standard InChI is InChI=1S/C54H33NO/c1-3-17-37(18-4-1)55(38-19-5-2-6-20-38)54-44-25-13-11-23-42(44)53(43-24-12-14-26-45(43)54)36-27-28-41-50-32-48-47-30-35-16-8-7-15-34(35)29-46(47)39-21-9-10-22-40(39)49(48)33-52(50)56-51(41)31-36/h1-33H. The lowest BCUT2D eigenvalue weighted by molar-refractivity contribution is 0.669. The van der Waals surface area contributed by atoms with Gasteiger partial charge >= 0.3 is 0 Å². The molecule has 0 aliphatic heterocycles. The maximum Gasteiger partial charge on any atom is 0.136 e. The first-order valence-corrected chi connectivity index (χ1v) is 19.3. The van der Waals surface area contributed by atoms with E-state index in [0.717, 1.165) is 38.9 Å². The molecule has 12 aromatic rings. The van der Waals surface area contributed by atoms with E-state index >= 15 is 0 Å². The Morgan fingerprint density at radius 3 is 1.32 bits per heavy atom. The summed E-state index contributed by atoms with van der Waals surface area (Å²) >= 11 is 0. The molecular formula is C54H33NO. The Hall–Kier alpha value is -7.42. The fourth-order valence-corrected chi connectivity index (χ4v) is 9.28. The molecule has 2 nitrogen and oxygen atoms in total. The molecule has 0 aliphatic rings. The summed E-state index contributed by atoms with van der Waals surface area (Å²) in [6.45, 7) is 0. The summed E-state index contributed by atoms with van der Waals surface area (Å²) in [6.07, 6.45) is 0. The second-order valence-corrected chi connectivity index (χ2v) is 14.8. The zero-order valence-corrected chi connectivity index (χ0v) is 30.4. The maximum absolute atomic E-state index is 6.85. The highest BCUT2D eigenvalue weighted by Gasteiger charge is 2.23. The van der Waals surface area contributed by atoms with Crippen LogP contribution in [0.3, 0.4) is 0 Å². The van der Waals surface area contributed by atoms with Crippen LogP contribution in [0.4, 0.5) is 17.1 Å². The highest BCUT2D eigenvalue weighted by Crippen LogP contribution is 2.49. The third-order valence-electron chi connectivity index (χ3n) is 11.7. The molecule has 12 rings (SSSR count). The molecule has 0 radical (unpaired) electrons. The molecule has 0 N–H and O–H groups in total. The van der Waals surface area contributed by atoms with Crippen LogP contribution in [0.5, 0.6) is 0 Å². The normalized spacial score (nSPS) is 11.9. The molecule has 1 aromatic heterocycles. The molecule has 0 fully saturated rings. The number of hydrogen-bond acceptors (Lipinski definition) is 2. The summed E-state index contributed by atoms with van der Waals surface area (Å²) in [5.74, 6) is 0. The van der Waals surface area contributed by atoms with Crippen molar-refractivity contribution in [1.29, 1.82) is 0 Å². The molecule has 56 heavy (non-hydrogen) atoms. The van der Waals surface area contributed by atoms with Crippen LogP contribution < -0.4 is 4.90 Å². The lowest BCUT2D eigenvalue weighted by Gasteiger charge is -2.29. The smallest absolute Gasteiger partial charge is 0.136 e. The lowest BCUT2D eigenvalue weighted by Crippen LogP contribution is -2.11. The zero-order chi connectivity index (χ0) is 36.7. The quantitative estimate of drug-likeness (QED) is 0.133. The molecule has 260 valence electrons. The van der Waals surface area contributed by atoms with E-state index in [1.54, 1.807) is 0 Å². The van der Waals surface area contributed by atoms with E-state index in [0.29, 0.717) is 0 Å². The molecular weight excluding hydrogens is 679 g/mol. The van der Waals surface area contributed by atoms with Gasteiger partial charge in [0.05, 0.1) is 5.69 Å². The van der Waals surface area contributed by atoms with Gasteiger partial charge in [-0.25, -0.2) is 0 Å². The van der Waals surface area contributed by atoms with Crippen LogP contribution in [0.25, 0.3) is 97.7 Å². The van der Waals surface area contributed by atoms with Crippen LogP contribution in [0.2, 0.25) is 0 Å².